The smallest absolute Gasteiger partial charge is 0.179 e. The molecule has 1 saturated carbocycles. The maximum Gasteiger partial charge on any atom is 0.179 e. The van der Waals surface area contributed by atoms with E-state index in [4.69, 9.17) is 12.2 Å². The first-order valence-corrected chi connectivity index (χ1v) is 5.65. The van der Waals surface area contributed by atoms with Crippen molar-refractivity contribution in [3.05, 3.63) is 22.6 Å². The van der Waals surface area contributed by atoms with E-state index in [1.807, 2.05) is 12.3 Å². The molecule has 1 aliphatic carbocycles. The monoisotopic (exact) mass is 219 g/mol. The first kappa shape index (κ1) is 9.09. The molecule has 2 unspecified atom stereocenters. The largest absolute Gasteiger partial charge is 0.329 e. The molecule has 2 atom stereocenters. The molecule has 15 heavy (non-hydrogen) atoms. The molecule has 1 aliphatic rings. The van der Waals surface area contributed by atoms with Crippen molar-refractivity contribution in [1.29, 1.82) is 0 Å². The third kappa shape index (κ3) is 1.24. The van der Waals surface area contributed by atoms with Crippen LogP contribution in [0.15, 0.2) is 12.3 Å². The number of nitrogens with zero attached hydrogens (tertiary/aromatic N) is 2. The number of nitrogens with one attached hydrogen (secondary N) is 1. The molecule has 0 amide bonds. The van der Waals surface area contributed by atoms with E-state index in [-0.39, 0.29) is 0 Å². The number of aromatic amines is 1. The first-order chi connectivity index (χ1) is 7.18. The van der Waals surface area contributed by atoms with Crippen LogP contribution in [0.3, 0.4) is 0 Å². The number of aromatic nitrogens is 3. The summed E-state index contributed by atoms with van der Waals surface area (Å²) in [6, 6.07) is 2.56. The third-order valence-electron chi connectivity index (χ3n) is 3.22. The molecule has 2 heterocycles. The molecular weight excluding hydrogens is 206 g/mol. The predicted octanol–water partition coefficient (Wildman–Crippen LogP) is 2.98. The van der Waals surface area contributed by atoms with Crippen LogP contribution in [0, 0.1) is 17.6 Å². The quantitative estimate of drug-likeness (QED) is 0.748. The molecule has 2 aromatic heterocycles. The summed E-state index contributed by atoms with van der Waals surface area (Å²) < 4.78 is 2.98. The molecule has 1 fully saturated rings. The zero-order chi connectivity index (χ0) is 10.6. The molecule has 0 saturated heterocycles. The Kier molecular flexibility index (Phi) is 1.77. The molecule has 0 bridgehead atoms. The minimum atomic E-state index is 0.556. The Morgan fingerprint density at radius 1 is 1.60 bits per heavy atom. The fourth-order valence-electron chi connectivity index (χ4n) is 2.11. The van der Waals surface area contributed by atoms with Crippen molar-refractivity contribution < 1.29 is 0 Å². The fraction of sp³-hybridized carbons (Fsp3) is 0.455. The highest BCUT2D eigenvalue weighted by atomic mass is 32.1. The van der Waals surface area contributed by atoms with Crippen LogP contribution in [0.1, 0.15) is 24.9 Å². The van der Waals surface area contributed by atoms with Gasteiger partial charge in [-0.05, 0) is 43.1 Å². The van der Waals surface area contributed by atoms with Crippen molar-refractivity contribution >= 4 is 23.4 Å². The standard InChI is InChI=1S/C11H13N3S/c1-6-3-4-12-10-9(6)13-11(15)14(10)8-5-7(8)2/h3-4,7-8H,5H2,1-2H3,(H,13,15). The van der Waals surface area contributed by atoms with Crippen LogP contribution in [0.25, 0.3) is 11.2 Å². The molecule has 0 aromatic carbocycles. The number of pyridine rings is 1. The van der Waals surface area contributed by atoms with E-state index >= 15 is 0 Å². The van der Waals surface area contributed by atoms with Crippen LogP contribution < -0.4 is 0 Å². The van der Waals surface area contributed by atoms with Gasteiger partial charge in [-0.3, -0.25) is 4.57 Å². The van der Waals surface area contributed by atoms with E-state index in [1.165, 1.54) is 12.0 Å². The van der Waals surface area contributed by atoms with E-state index in [1.54, 1.807) is 0 Å². The summed E-state index contributed by atoms with van der Waals surface area (Å²) in [4.78, 5) is 7.68. The van der Waals surface area contributed by atoms with Gasteiger partial charge in [-0.1, -0.05) is 6.92 Å². The highest BCUT2D eigenvalue weighted by Gasteiger charge is 2.36. The van der Waals surface area contributed by atoms with Gasteiger partial charge in [-0.15, -0.1) is 0 Å². The third-order valence-corrected chi connectivity index (χ3v) is 3.52. The normalized spacial score (nSPS) is 24.7. The fourth-order valence-corrected chi connectivity index (χ4v) is 2.44. The Morgan fingerprint density at radius 3 is 3.00 bits per heavy atom. The Bertz CT molecular complexity index is 581. The molecule has 0 spiro atoms. The molecule has 3 rings (SSSR count). The number of hydrogen-bond donors (Lipinski definition) is 1. The highest BCUT2D eigenvalue weighted by molar-refractivity contribution is 7.71. The van der Waals surface area contributed by atoms with E-state index in [9.17, 15) is 0 Å². The van der Waals surface area contributed by atoms with E-state index in [0.717, 1.165) is 21.9 Å². The molecule has 2 aromatic rings. The van der Waals surface area contributed by atoms with Gasteiger partial charge in [-0.25, -0.2) is 4.98 Å². The maximum absolute atomic E-state index is 5.35. The van der Waals surface area contributed by atoms with Crippen LogP contribution in [0.4, 0.5) is 0 Å². The number of imidazole rings is 1. The van der Waals surface area contributed by atoms with Gasteiger partial charge < -0.3 is 4.98 Å². The Balaban J connectivity index is 2.34. The van der Waals surface area contributed by atoms with Gasteiger partial charge in [0.15, 0.2) is 10.4 Å². The van der Waals surface area contributed by atoms with Crippen LogP contribution in [-0.4, -0.2) is 14.5 Å². The van der Waals surface area contributed by atoms with Crippen molar-refractivity contribution in [3.8, 4) is 0 Å². The van der Waals surface area contributed by atoms with Crippen LogP contribution >= 0.6 is 12.2 Å². The number of rotatable bonds is 1. The van der Waals surface area contributed by atoms with Gasteiger partial charge in [0.25, 0.3) is 0 Å². The van der Waals surface area contributed by atoms with Crippen LogP contribution in [0.5, 0.6) is 0 Å². The topological polar surface area (TPSA) is 33.6 Å². The second-order valence-corrected chi connectivity index (χ2v) is 4.79. The Morgan fingerprint density at radius 2 is 2.33 bits per heavy atom. The van der Waals surface area contributed by atoms with Crippen molar-refractivity contribution in [2.24, 2.45) is 5.92 Å². The molecule has 78 valence electrons. The molecular formula is C11H13N3S. The van der Waals surface area contributed by atoms with Crippen molar-refractivity contribution in [1.82, 2.24) is 14.5 Å². The second-order valence-electron chi connectivity index (χ2n) is 4.41. The van der Waals surface area contributed by atoms with Gasteiger partial charge in [0.05, 0.1) is 5.52 Å². The minimum absolute atomic E-state index is 0.556. The number of fused-ring (bicyclic) bond motifs is 1. The number of hydrogen-bond acceptors (Lipinski definition) is 2. The molecule has 4 heteroatoms. The summed E-state index contributed by atoms with van der Waals surface area (Å²) in [6.45, 7) is 4.33. The molecule has 1 N–H and O–H groups in total. The summed E-state index contributed by atoms with van der Waals surface area (Å²) in [6.07, 6.45) is 3.07. The SMILES string of the molecule is Cc1ccnc2c1[nH]c(=S)n2C1CC1C. The van der Waals surface area contributed by atoms with Gasteiger partial charge in [0.1, 0.15) is 0 Å². The summed E-state index contributed by atoms with van der Waals surface area (Å²) in [7, 11) is 0. The highest BCUT2D eigenvalue weighted by Crippen LogP contribution is 2.44. The summed E-state index contributed by atoms with van der Waals surface area (Å²) in [5, 5.41) is 0. The molecule has 0 radical (unpaired) electrons. The Hall–Kier alpha value is -1.16. The lowest BCUT2D eigenvalue weighted by Gasteiger charge is -2.01. The Labute approximate surface area is 93.1 Å². The van der Waals surface area contributed by atoms with Crippen molar-refractivity contribution in [2.45, 2.75) is 26.3 Å². The van der Waals surface area contributed by atoms with Crippen molar-refractivity contribution in [3.63, 3.8) is 0 Å². The second kappa shape index (κ2) is 2.92. The summed E-state index contributed by atoms with van der Waals surface area (Å²) >= 11 is 5.35. The van der Waals surface area contributed by atoms with Gasteiger partial charge >= 0.3 is 0 Å². The van der Waals surface area contributed by atoms with Gasteiger partial charge in [0, 0.05) is 12.2 Å². The summed E-state index contributed by atoms with van der Waals surface area (Å²) in [5.74, 6) is 0.734. The zero-order valence-electron chi connectivity index (χ0n) is 8.82. The van der Waals surface area contributed by atoms with Crippen molar-refractivity contribution in [2.75, 3.05) is 0 Å². The summed E-state index contributed by atoms with van der Waals surface area (Å²) in [5.41, 5.74) is 3.30. The van der Waals surface area contributed by atoms with Gasteiger partial charge in [0.2, 0.25) is 0 Å². The van der Waals surface area contributed by atoms with E-state index in [2.05, 4.69) is 28.4 Å². The van der Waals surface area contributed by atoms with Gasteiger partial charge in [-0.2, -0.15) is 0 Å². The predicted molar refractivity (Wildman–Crippen MR) is 62.5 cm³/mol. The van der Waals surface area contributed by atoms with E-state index in [0.29, 0.717) is 6.04 Å². The van der Waals surface area contributed by atoms with E-state index < -0.39 is 0 Å². The average Bonchev–Trinajstić information content (AvgIpc) is 2.78. The lowest BCUT2D eigenvalue weighted by molar-refractivity contribution is 0.689. The number of aryl methyl sites for hydroxylation is 1. The maximum atomic E-state index is 5.35. The average molecular weight is 219 g/mol. The van der Waals surface area contributed by atoms with Crippen LogP contribution in [-0.2, 0) is 0 Å². The first-order valence-electron chi connectivity index (χ1n) is 5.24. The molecule has 3 nitrogen and oxygen atoms in total. The minimum Gasteiger partial charge on any atom is -0.329 e. The number of H-pyrrole nitrogens is 1. The zero-order valence-corrected chi connectivity index (χ0v) is 9.64. The lowest BCUT2D eigenvalue weighted by atomic mass is 10.3. The molecule has 0 aliphatic heterocycles. The van der Waals surface area contributed by atoms with Crippen LogP contribution in [0.2, 0.25) is 0 Å². The lowest BCUT2D eigenvalue weighted by Crippen LogP contribution is -1.96.